The van der Waals surface area contributed by atoms with Gasteiger partial charge in [-0.1, -0.05) is 11.6 Å². The van der Waals surface area contributed by atoms with Crippen molar-refractivity contribution in [1.29, 1.82) is 0 Å². The fraction of sp³-hybridized carbons (Fsp3) is 0.750. The van der Waals surface area contributed by atoms with Crippen molar-refractivity contribution in [1.82, 2.24) is 4.90 Å². The van der Waals surface area contributed by atoms with Crippen molar-refractivity contribution in [2.45, 2.75) is 58.2 Å². The monoisotopic (exact) mass is 209 g/mol. The predicted molar refractivity (Wildman–Crippen MR) is 58.6 cm³/mol. The van der Waals surface area contributed by atoms with Crippen molar-refractivity contribution >= 4 is 6.09 Å². The highest BCUT2D eigenvalue weighted by molar-refractivity contribution is 5.71. The van der Waals surface area contributed by atoms with Crippen LogP contribution in [-0.4, -0.2) is 28.7 Å². The second-order valence-corrected chi connectivity index (χ2v) is 5.46. The standard InChI is InChI=1S/C12H19NO2/c1-8-7-9-5-6-10(8)13(9)11(14)15-12(2,3)4/h7,9-10H,5-6H2,1-4H3/t9-,10+/m1/s1. The molecule has 3 heteroatoms. The van der Waals surface area contributed by atoms with Gasteiger partial charge in [0.25, 0.3) is 0 Å². The highest BCUT2D eigenvalue weighted by Gasteiger charge is 2.43. The largest absolute Gasteiger partial charge is 0.444 e. The van der Waals surface area contributed by atoms with Gasteiger partial charge in [0, 0.05) is 0 Å². The first-order valence-corrected chi connectivity index (χ1v) is 5.58. The van der Waals surface area contributed by atoms with Gasteiger partial charge in [-0.25, -0.2) is 4.79 Å². The number of hydrogen-bond acceptors (Lipinski definition) is 2. The summed E-state index contributed by atoms with van der Waals surface area (Å²) in [6.45, 7) is 7.82. The molecule has 2 bridgehead atoms. The van der Waals surface area contributed by atoms with Crippen LogP contribution in [0, 0.1) is 0 Å². The molecule has 3 nitrogen and oxygen atoms in total. The molecule has 0 unspecified atom stereocenters. The van der Waals surface area contributed by atoms with Crippen LogP contribution in [0.1, 0.15) is 40.5 Å². The molecular weight excluding hydrogens is 190 g/mol. The summed E-state index contributed by atoms with van der Waals surface area (Å²) in [5, 5.41) is 0. The molecule has 15 heavy (non-hydrogen) atoms. The topological polar surface area (TPSA) is 29.5 Å². The molecule has 2 rings (SSSR count). The van der Waals surface area contributed by atoms with Crippen LogP contribution < -0.4 is 0 Å². The number of rotatable bonds is 0. The van der Waals surface area contributed by atoms with Gasteiger partial charge >= 0.3 is 6.09 Å². The van der Waals surface area contributed by atoms with Crippen molar-refractivity contribution in [3.8, 4) is 0 Å². The molecule has 0 spiro atoms. The first-order valence-electron chi connectivity index (χ1n) is 5.58. The lowest BCUT2D eigenvalue weighted by atomic mass is 10.0. The van der Waals surface area contributed by atoms with Crippen LogP contribution in [0.2, 0.25) is 0 Å². The highest BCUT2D eigenvalue weighted by Crippen LogP contribution is 2.37. The van der Waals surface area contributed by atoms with Gasteiger partial charge in [0.2, 0.25) is 0 Å². The summed E-state index contributed by atoms with van der Waals surface area (Å²) < 4.78 is 5.40. The zero-order chi connectivity index (χ0) is 11.2. The van der Waals surface area contributed by atoms with Crippen molar-refractivity contribution in [3.63, 3.8) is 0 Å². The van der Waals surface area contributed by atoms with E-state index in [1.165, 1.54) is 5.57 Å². The highest BCUT2D eigenvalue weighted by atomic mass is 16.6. The van der Waals surface area contributed by atoms with Gasteiger partial charge in [0.15, 0.2) is 0 Å². The molecule has 0 aromatic rings. The van der Waals surface area contributed by atoms with Crippen molar-refractivity contribution in [2.75, 3.05) is 0 Å². The number of carbonyl (C=O) groups is 1. The Morgan fingerprint density at radius 3 is 2.53 bits per heavy atom. The lowest BCUT2D eigenvalue weighted by Crippen LogP contribution is -2.40. The van der Waals surface area contributed by atoms with E-state index in [1.807, 2.05) is 25.7 Å². The summed E-state index contributed by atoms with van der Waals surface area (Å²) in [5.41, 5.74) is 0.921. The molecule has 0 aromatic heterocycles. The second kappa shape index (κ2) is 3.26. The van der Waals surface area contributed by atoms with Gasteiger partial charge < -0.3 is 4.74 Å². The molecule has 1 fully saturated rings. The molecule has 0 aromatic carbocycles. The molecule has 2 aliphatic heterocycles. The Morgan fingerprint density at radius 1 is 1.47 bits per heavy atom. The zero-order valence-corrected chi connectivity index (χ0v) is 9.91. The molecule has 0 radical (unpaired) electrons. The summed E-state index contributed by atoms with van der Waals surface area (Å²) in [5.74, 6) is 0. The Kier molecular flexibility index (Phi) is 2.28. The van der Waals surface area contributed by atoms with Gasteiger partial charge in [0.05, 0.1) is 12.1 Å². The minimum atomic E-state index is -0.396. The first-order chi connectivity index (χ1) is 6.88. The number of carbonyl (C=O) groups excluding carboxylic acids is 1. The fourth-order valence-corrected chi connectivity index (χ4v) is 2.44. The Morgan fingerprint density at radius 2 is 2.13 bits per heavy atom. The van der Waals surface area contributed by atoms with Crippen LogP contribution >= 0.6 is 0 Å². The Bertz CT molecular complexity index is 314. The van der Waals surface area contributed by atoms with E-state index in [1.54, 1.807) is 0 Å². The number of amides is 1. The van der Waals surface area contributed by atoms with Gasteiger partial charge in [-0.2, -0.15) is 0 Å². The smallest absolute Gasteiger partial charge is 0.411 e. The quantitative estimate of drug-likeness (QED) is 0.574. The van der Waals surface area contributed by atoms with E-state index in [9.17, 15) is 4.79 Å². The third kappa shape index (κ3) is 1.87. The van der Waals surface area contributed by atoms with E-state index in [0.29, 0.717) is 6.04 Å². The average Bonchev–Trinajstić information content (AvgIpc) is 2.55. The molecule has 2 aliphatic rings. The van der Waals surface area contributed by atoms with E-state index < -0.39 is 5.60 Å². The second-order valence-electron chi connectivity index (χ2n) is 5.46. The minimum absolute atomic E-state index is 0.164. The van der Waals surface area contributed by atoms with Gasteiger partial charge in [0.1, 0.15) is 5.60 Å². The fourth-order valence-electron chi connectivity index (χ4n) is 2.44. The summed E-state index contributed by atoms with van der Waals surface area (Å²) >= 11 is 0. The third-order valence-electron chi connectivity index (χ3n) is 3.01. The first kappa shape index (κ1) is 10.5. The van der Waals surface area contributed by atoms with Crippen LogP contribution in [0.15, 0.2) is 11.6 Å². The third-order valence-corrected chi connectivity index (χ3v) is 3.01. The Balaban J connectivity index is 2.06. The summed E-state index contributed by atoms with van der Waals surface area (Å²) in [6.07, 6.45) is 4.20. The maximum atomic E-state index is 11.9. The van der Waals surface area contributed by atoms with Crippen LogP contribution in [0.25, 0.3) is 0 Å². The lowest BCUT2D eigenvalue weighted by molar-refractivity contribution is 0.0228. The van der Waals surface area contributed by atoms with Crippen LogP contribution in [-0.2, 0) is 4.74 Å². The predicted octanol–water partition coefficient (Wildman–Crippen LogP) is 2.71. The molecule has 84 valence electrons. The lowest BCUT2D eigenvalue weighted by Gasteiger charge is -2.27. The maximum absolute atomic E-state index is 11.9. The van der Waals surface area contributed by atoms with Crippen molar-refractivity contribution in [3.05, 3.63) is 11.6 Å². The summed E-state index contributed by atoms with van der Waals surface area (Å²) in [4.78, 5) is 13.8. The molecule has 1 amide bonds. The normalized spacial score (nSPS) is 29.3. The van der Waals surface area contributed by atoms with Crippen molar-refractivity contribution in [2.24, 2.45) is 0 Å². The van der Waals surface area contributed by atoms with Crippen molar-refractivity contribution < 1.29 is 9.53 Å². The van der Waals surface area contributed by atoms with E-state index in [4.69, 9.17) is 4.74 Å². The minimum Gasteiger partial charge on any atom is -0.444 e. The Labute approximate surface area is 91.1 Å². The molecule has 1 saturated heterocycles. The van der Waals surface area contributed by atoms with Gasteiger partial charge in [-0.15, -0.1) is 0 Å². The molecule has 0 aliphatic carbocycles. The maximum Gasteiger partial charge on any atom is 0.411 e. The van der Waals surface area contributed by atoms with E-state index >= 15 is 0 Å². The molecular formula is C12H19NO2. The summed E-state index contributed by atoms with van der Waals surface area (Å²) in [7, 11) is 0. The molecule has 2 atom stereocenters. The number of hydrogen-bond donors (Lipinski definition) is 0. The molecule has 0 N–H and O–H groups in total. The van der Waals surface area contributed by atoms with Gasteiger partial charge in [-0.3, -0.25) is 4.90 Å². The van der Waals surface area contributed by atoms with Crippen LogP contribution in [0.5, 0.6) is 0 Å². The number of nitrogens with zero attached hydrogens (tertiary/aromatic N) is 1. The number of fused-ring (bicyclic) bond motifs is 2. The SMILES string of the molecule is CC1=C[C@H]2CC[C@@H]1N2C(=O)OC(C)(C)C. The van der Waals surface area contributed by atoms with E-state index in [2.05, 4.69) is 13.0 Å². The number of ether oxygens (including phenoxy) is 1. The zero-order valence-electron chi connectivity index (χ0n) is 9.91. The van der Waals surface area contributed by atoms with Gasteiger partial charge in [-0.05, 0) is 40.5 Å². The van der Waals surface area contributed by atoms with E-state index in [-0.39, 0.29) is 12.1 Å². The average molecular weight is 209 g/mol. The summed E-state index contributed by atoms with van der Waals surface area (Å²) in [6, 6.07) is 0.578. The van der Waals surface area contributed by atoms with Crippen LogP contribution in [0.4, 0.5) is 4.79 Å². The van der Waals surface area contributed by atoms with E-state index in [0.717, 1.165) is 12.8 Å². The molecule has 2 heterocycles. The van der Waals surface area contributed by atoms with Crippen LogP contribution in [0.3, 0.4) is 0 Å². The molecule has 0 saturated carbocycles. The Hall–Kier alpha value is -0.990.